The number of benzene rings is 1. The minimum absolute atomic E-state index is 0.242. The van der Waals surface area contributed by atoms with Crippen LogP contribution in [0.3, 0.4) is 0 Å². The Morgan fingerprint density at radius 3 is 2.92 bits per heavy atom. The number of ether oxygens (including phenoxy) is 1. The maximum Gasteiger partial charge on any atom is 0.113 e. The van der Waals surface area contributed by atoms with E-state index in [9.17, 15) is 0 Å². The third kappa shape index (κ3) is 3.45. The summed E-state index contributed by atoms with van der Waals surface area (Å²) in [5.74, 6) is 0.781. The second-order valence-corrected chi connectivity index (χ2v) is 7.38. The Labute approximate surface area is 148 Å². The van der Waals surface area contributed by atoms with Gasteiger partial charge >= 0.3 is 0 Å². The molecule has 1 aliphatic heterocycles. The van der Waals surface area contributed by atoms with Crippen molar-refractivity contribution in [1.29, 1.82) is 5.26 Å². The van der Waals surface area contributed by atoms with Crippen molar-refractivity contribution in [3.8, 4) is 17.3 Å². The maximum absolute atomic E-state index is 8.94. The molecule has 5 heteroatoms. The van der Waals surface area contributed by atoms with E-state index in [0.29, 0.717) is 5.92 Å². The molecular formula is C20H24N4O. The smallest absolute Gasteiger partial charge is 0.113 e. The molecule has 1 aliphatic carbocycles. The molecule has 0 spiro atoms. The first-order chi connectivity index (χ1) is 12.2. The molecule has 0 N–H and O–H groups in total. The molecule has 1 atom stereocenters. The van der Waals surface area contributed by atoms with Gasteiger partial charge in [-0.05, 0) is 56.1 Å². The van der Waals surface area contributed by atoms with Crippen molar-refractivity contribution in [3.05, 3.63) is 35.5 Å². The molecule has 0 radical (unpaired) electrons. The van der Waals surface area contributed by atoms with Gasteiger partial charge in [-0.3, -0.25) is 0 Å². The molecule has 1 saturated carbocycles. The highest BCUT2D eigenvalue weighted by Gasteiger charge is 2.30. The summed E-state index contributed by atoms with van der Waals surface area (Å²) in [7, 11) is 0. The van der Waals surface area contributed by atoms with Crippen molar-refractivity contribution < 1.29 is 4.74 Å². The van der Waals surface area contributed by atoms with Crippen molar-refractivity contribution in [2.75, 3.05) is 6.61 Å². The first-order valence-corrected chi connectivity index (χ1v) is 9.25. The van der Waals surface area contributed by atoms with Gasteiger partial charge < -0.3 is 4.74 Å². The van der Waals surface area contributed by atoms with Crippen LogP contribution in [0.2, 0.25) is 0 Å². The van der Waals surface area contributed by atoms with E-state index in [1.807, 2.05) is 10.9 Å². The third-order valence-electron chi connectivity index (χ3n) is 5.52. The van der Waals surface area contributed by atoms with E-state index < -0.39 is 0 Å². The van der Waals surface area contributed by atoms with Gasteiger partial charge in [-0.2, -0.15) is 5.26 Å². The first kappa shape index (κ1) is 16.3. The largest absolute Gasteiger partial charge is 0.376 e. The zero-order valence-electron chi connectivity index (χ0n) is 14.7. The Hall–Kier alpha value is -2.19. The Morgan fingerprint density at radius 1 is 1.32 bits per heavy atom. The number of hydrogen-bond donors (Lipinski definition) is 0. The van der Waals surface area contributed by atoms with Crippen LogP contribution in [0.5, 0.6) is 0 Å². The van der Waals surface area contributed by atoms with Crippen LogP contribution >= 0.6 is 0 Å². The number of aromatic nitrogens is 3. The summed E-state index contributed by atoms with van der Waals surface area (Å²) >= 11 is 0. The number of nitrogens with zero attached hydrogens (tertiary/aromatic N) is 4. The molecule has 5 nitrogen and oxygen atoms in total. The highest BCUT2D eigenvalue weighted by molar-refractivity contribution is 5.63. The predicted octanol–water partition coefficient (Wildman–Crippen LogP) is 3.84. The van der Waals surface area contributed by atoms with Crippen LogP contribution in [-0.2, 0) is 11.3 Å². The summed E-state index contributed by atoms with van der Waals surface area (Å²) in [4.78, 5) is 0. The van der Waals surface area contributed by atoms with E-state index >= 15 is 0 Å². The van der Waals surface area contributed by atoms with Crippen molar-refractivity contribution in [3.63, 3.8) is 0 Å². The molecule has 25 heavy (non-hydrogen) atoms. The molecule has 1 saturated heterocycles. The molecule has 0 unspecified atom stereocenters. The fourth-order valence-corrected chi connectivity index (χ4v) is 3.89. The lowest BCUT2D eigenvalue weighted by Crippen LogP contribution is -2.24. The number of aryl methyl sites for hydroxylation is 1. The molecule has 130 valence electrons. The van der Waals surface area contributed by atoms with Gasteiger partial charge in [-0.1, -0.05) is 23.4 Å². The Morgan fingerprint density at radius 2 is 2.20 bits per heavy atom. The van der Waals surface area contributed by atoms with Crippen LogP contribution in [-0.4, -0.2) is 27.7 Å². The Kier molecular flexibility index (Phi) is 4.54. The van der Waals surface area contributed by atoms with Crippen molar-refractivity contribution >= 4 is 0 Å². The molecule has 2 fully saturated rings. The number of hydrogen-bond acceptors (Lipinski definition) is 4. The lowest BCUT2D eigenvalue weighted by atomic mass is 9.72. The SMILES string of the molecule is Cc1cc(C2CC(C#N)C2)ccc1-c1cn(C[C@H]2CCCCO2)nn1. The van der Waals surface area contributed by atoms with E-state index in [-0.39, 0.29) is 12.0 Å². The lowest BCUT2D eigenvalue weighted by molar-refractivity contribution is 0.00370. The summed E-state index contributed by atoms with van der Waals surface area (Å²) in [5, 5.41) is 17.6. The van der Waals surface area contributed by atoms with Gasteiger partial charge in [0.15, 0.2) is 0 Å². The van der Waals surface area contributed by atoms with Crippen LogP contribution in [0.25, 0.3) is 11.3 Å². The fourth-order valence-electron chi connectivity index (χ4n) is 3.89. The molecule has 4 rings (SSSR count). The van der Waals surface area contributed by atoms with Crippen LogP contribution in [0.4, 0.5) is 0 Å². The van der Waals surface area contributed by atoms with Crippen LogP contribution in [0.1, 0.15) is 49.1 Å². The molecule has 2 heterocycles. The summed E-state index contributed by atoms with van der Waals surface area (Å²) in [6.07, 6.45) is 7.78. The second kappa shape index (κ2) is 6.97. The number of rotatable bonds is 4. The third-order valence-corrected chi connectivity index (χ3v) is 5.52. The average molecular weight is 336 g/mol. The molecule has 0 amide bonds. The number of nitriles is 1. The summed E-state index contributed by atoms with van der Waals surface area (Å²) in [6, 6.07) is 8.94. The highest BCUT2D eigenvalue weighted by atomic mass is 16.5. The van der Waals surface area contributed by atoms with E-state index in [0.717, 1.165) is 43.7 Å². The predicted molar refractivity (Wildman–Crippen MR) is 94.9 cm³/mol. The maximum atomic E-state index is 8.94. The Balaban J connectivity index is 1.46. The van der Waals surface area contributed by atoms with Crippen LogP contribution in [0, 0.1) is 24.2 Å². The zero-order valence-corrected chi connectivity index (χ0v) is 14.7. The van der Waals surface area contributed by atoms with Gasteiger partial charge in [0.05, 0.1) is 24.9 Å². The van der Waals surface area contributed by atoms with Gasteiger partial charge in [0.1, 0.15) is 5.69 Å². The summed E-state index contributed by atoms with van der Waals surface area (Å²) in [5.41, 5.74) is 4.62. The minimum Gasteiger partial charge on any atom is -0.376 e. The molecule has 1 aromatic carbocycles. The molecule has 0 bridgehead atoms. The second-order valence-electron chi connectivity index (χ2n) is 7.38. The molecule has 2 aromatic rings. The van der Waals surface area contributed by atoms with E-state index in [1.54, 1.807) is 0 Å². The summed E-state index contributed by atoms with van der Waals surface area (Å²) < 4.78 is 7.69. The monoisotopic (exact) mass is 336 g/mol. The van der Waals surface area contributed by atoms with Gasteiger partial charge in [0, 0.05) is 18.1 Å². The highest BCUT2D eigenvalue weighted by Crippen LogP contribution is 2.42. The standard InChI is InChI=1S/C20H24N4O/c1-14-8-16(17-9-15(10-17)11-21)5-6-19(14)20-13-24(23-22-20)12-18-4-2-3-7-25-18/h5-6,8,13,15,17-18H,2-4,7,9-10,12H2,1H3/t15?,17?,18-/m1/s1. The van der Waals surface area contributed by atoms with E-state index in [4.69, 9.17) is 10.00 Å². The zero-order chi connectivity index (χ0) is 17.2. The quantitative estimate of drug-likeness (QED) is 0.851. The molecule has 1 aromatic heterocycles. The molecular weight excluding hydrogens is 312 g/mol. The van der Waals surface area contributed by atoms with Crippen molar-refractivity contribution in [1.82, 2.24) is 15.0 Å². The molecule has 2 aliphatic rings. The van der Waals surface area contributed by atoms with Gasteiger partial charge in [0.25, 0.3) is 0 Å². The van der Waals surface area contributed by atoms with Crippen molar-refractivity contribution in [2.24, 2.45) is 5.92 Å². The topological polar surface area (TPSA) is 63.7 Å². The van der Waals surface area contributed by atoms with Gasteiger partial charge in [0.2, 0.25) is 0 Å². The fraction of sp³-hybridized carbons (Fsp3) is 0.550. The summed E-state index contributed by atoms with van der Waals surface area (Å²) in [6.45, 7) is 3.77. The van der Waals surface area contributed by atoms with Gasteiger partial charge in [-0.25, -0.2) is 4.68 Å². The average Bonchev–Trinajstić information content (AvgIpc) is 3.03. The van der Waals surface area contributed by atoms with Crippen LogP contribution < -0.4 is 0 Å². The normalized spacial score (nSPS) is 26.0. The van der Waals surface area contributed by atoms with E-state index in [2.05, 4.69) is 41.5 Å². The van der Waals surface area contributed by atoms with Crippen LogP contribution in [0.15, 0.2) is 24.4 Å². The minimum atomic E-state index is 0.242. The van der Waals surface area contributed by atoms with E-state index in [1.165, 1.54) is 24.0 Å². The first-order valence-electron chi connectivity index (χ1n) is 9.25. The van der Waals surface area contributed by atoms with Gasteiger partial charge in [-0.15, -0.1) is 5.10 Å². The lowest BCUT2D eigenvalue weighted by Gasteiger charge is -2.31. The van der Waals surface area contributed by atoms with Crippen molar-refractivity contribution in [2.45, 2.75) is 57.6 Å². The Bertz CT molecular complexity index is 779.